The van der Waals surface area contributed by atoms with Crippen LogP contribution in [0.1, 0.15) is 34.6 Å². The maximum absolute atomic E-state index is 13.1. The number of carbonyl (C=O) groups is 4. The number of ether oxygens (including phenoxy) is 4. The van der Waals surface area contributed by atoms with E-state index in [1.807, 2.05) is 0 Å². The summed E-state index contributed by atoms with van der Waals surface area (Å²) in [6, 6.07) is 10.1. The van der Waals surface area contributed by atoms with Crippen LogP contribution >= 0.6 is 0 Å². The lowest BCUT2D eigenvalue weighted by molar-refractivity contribution is -0.150. The molecule has 0 atom stereocenters. The van der Waals surface area contributed by atoms with E-state index in [4.69, 9.17) is 9.47 Å². The summed E-state index contributed by atoms with van der Waals surface area (Å²) in [5.74, 6) is -3.33. The molecule has 0 N–H and O–H groups in total. The van der Waals surface area contributed by atoms with Gasteiger partial charge in [-0.25, -0.2) is 9.59 Å². The molecule has 0 saturated heterocycles. The SMILES string of the molecule is CC(=O)OCOC(=O)c1cnc(-c2ccccn2)c(-c2ccccn2)c1C(=O)OCOC(C)=O. The summed E-state index contributed by atoms with van der Waals surface area (Å²) in [4.78, 5) is 60.9. The highest BCUT2D eigenvalue weighted by Gasteiger charge is 2.29. The van der Waals surface area contributed by atoms with Crippen molar-refractivity contribution >= 4 is 23.9 Å². The number of pyridine rings is 3. The van der Waals surface area contributed by atoms with Gasteiger partial charge in [-0.2, -0.15) is 0 Å². The highest BCUT2D eigenvalue weighted by molar-refractivity contribution is 6.09. The summed E-state index contributed by atoms with van der Waals surface area (Å²) >= 11 is 0. The molecule has 0 fully saturated rings. The molecular weight excluding hydrogens is 446 g/mol. The fourth-order valence-electron chi connectivity index (χ4n) is 2.82. The van der Waals surface area contributed by atoms with E-state index in [1.165, 1.54) is 6.20 Å². The fourth-order valence-corrected chi connectivity index (χ4v) is 2.82. The zero-order valence-electron chi connectivity index (χ0n) is 18.2. The van der Waals surface area contributed by atoms with E-state index >= 15 is 0 Å². The van der Waals surface area contributed by atoms with E-state index in [0.29, 0.717) is 11.4 Å². The predicted octanol–water partition coefficient (Wildman–Crippen LogP) is 2.56. The summed E-state index contributed by atoms with van der Waals surface area (Å²) in [6.07, 6.45) is 4.16. The van der Waals surface area contributed by atoms with E-state index in [0.717, 1.165) is 20.0 Å². The van der Waals surface area contributed by atoms with Gasteiger partial charge in [0.1, 0.15) is 0 Å². The van der Waals surface area contributed by atoms with Crippen LogP contribution in [0.25, 0.3) is 22.6 Å². The third-order valence-corrected chi connectivity index (χ3v) is 4.24. The second kappa shape index (κ2) is 11.3. The number of carbonyl (C=O) groups excluding carboxylic acids is 4. The molecule has 0 aliphatic rings. The molecule has 0 aliphatic heterocycles. The Balaban J connectivity index is 2.17. The summed E-state index contributed by atoms with van der Waals surface area (Å²) < 4.78 is 19.4. The summed E-state index contributed by atoms with van der Waals surface area (Å²) in [5.41, 5.74) is 0.570. The van der Waals surface area contributed by atoms with E-state index in [1.54, 1.807) is 42.6 Å². The van der Waals surface area contributed by atoms with Crippen molar-refractivity contribution in [2.24, 2.45) is 0 Å². The Kier molecular flexibility index (Phi) is 7.95. The quantitative estimate of drug-likeness (QED) is 0.357. The number of hydrogen-bond donors (Lipinski definition) is 0. The van der Waals surface area contributed by atoms with Crippen molar-refractivity contribution in [3.63, 3.8) is 0 Å². The van der Waals surface area contributed by atoms with Gasteiger partial charge in [-0.05, 0) is 24.3 Å². The lowest BCUT2D eigenvalue weighted by Gasteiger charge is -2.16. The van der Waals surface area contributed by atoms with Crippen LogP contribution in [0.3, 0.4) is 0 Å². The monoisotopic (exact) mass is 465 g/mol. The Labute approximate surface area is 193 Å². The van der Waals surface area contributed by atoms with Crippen LogP contribution in [-0.4, -0.2) is 52.4 Å². The molecule has 0 aliphatic carbocycles. The van der Waals surface area contributed by atoms with Gasteiger partial charge in [-0.3, -0.25) is 24.5 Å². The number of aromatic nitrogens is 3. The number of rotatable bonds is 8. The lowest BCUT2D eigenvalue weighted by atomic mass is 9.96. The van der Waals surface area contributed by atoms with Gasteiger partial charge >= 0.3 is 23.9 Å². The molecule has 0 spiro atoms. The van der Waals surface area contributed by atoms with Crippen molar-refractivity contribution in [3.05, 3.63) is 66.1 Å². The van der Waals surface area contributed by atoms with E-state index in [9.17, 15) is 19.2 Å². The minimum Gasteiger partial charge on any atom is -0.428 e. The molecule has 3 heterocycles. The molecular formula is C23H19N3O8. The van der Waals surface area contributed by atoms with Crippen molar-refractivity contribution in [1.82, 2.24) is 15.0 Å². The van der Waals surface area contributed by atoms with Gasteiger partial charge in [0.05, 0.1) is 28.2 Å². The Morgan fingerprint density at radius 2 is 1.26 bits per heavy atom. The average molecular weight is 465 g/mol. The fraction of sp³-hybridized carbons (Fsp3) is 0.174. The summed E-state index contributed by atoms with van der Waals surface area (Å²) in [7, 11) is 0. The molecule has 174 valence electrons. The minimum atomic E-state index is -1.00. The number of nitrogens with zero attached hydrogens (tertiary/aromatic N) is 3. The number of hydrogen-bond acceptors (Lipinski definition) is 11. The second-order valence-corrected chi connectivity index (χ2v) is 6.57. The van der Waals surface area contributed by atoms with Crippen molar-refractivity contribution in [1.29, 1.82) is 0 Å². The molecule has 0 aromatic carbocycles. The third kappa shape index (κ3) is 5.97. The Morgan fingerprint density at radius 1 is 0.706 bits per heavy atom. The topological polar surface area (TPSA) is 144 Å². The molecule has 3 aromatic heterocycles. The molecule has 0 unspecified atom stereocenters. The van der Waals surface area contributed by atoms with E-state index < -0.39 is 37.5 Å². The molecule has 0 saturated carbocycles. The maximum Gasteiger partial charge on any atom is 0.343 e. The van der Waals surface area contributed by atoms with Crippen molar-refractivity contribution in [2.45, 2.75) is 13.8 Å². The third-order valence-electron chi connectivity index (χ3n) is 4.24. The lowest BCUT2D eigenvalue weighted by Crippen LogP contribution is -2.20. The predicted molar refractivity (Wildman–Crippen MR) is 115 cm³/mol. The number of esters is 4. The van der Waals surface area contributed by atoms with Crippen LogP contribution in [0.4, 0.5) is 0 Å². The first kappa shape index (κ1) is 24.0. The standard InChI is InChI=1S/C23H19N3O8/c1-14(27)31-12-33-22(29)16-11-26-21(18-8-4-6-10-25-18)20(17-7-3-5-9-24-17)19(16)23(30)34-13-32-15(2)28/h3-11H,12-13H2,1-2H3. The van der Waals surface area contributed by atoms with Gasteiger partial charge in [0.2, 0.25) is 13.6 Å². The van der Waals surface area contributed by atoms with Crippen molar-refractivity contribution in [3.8, 4) is 22.6 Å². The van der Waals surface area contributed by atoms with E-state index in [-0.39, 0.29) is 22.4 Å². The molecule has 0 amide bonds. The van der Waals surface area contributed by atoms with E-state index in [2.05, 4.69) is 24.4 Å². The zero-order valence-corrected chi connectivity index (χ0v) is 18.2. The van der Waals surface area contributed by atoms with Gasteiger partial charge in [0, 0.05) is 38.0 Å². The zero-order chi connectivity index (χ0) is 24.5. The average Bonchev–Trinajstić information content (AvgIpc) is 2.83. The van der Waals surface area contributed by atoms with Crippen LogP contribution in [0.5, 0.6) is 0 Å². The summed E-state index contributed by atoms with van der Waals surface area (Å²) in [5, 5.41) is 0. The highest BCUT2D eigenvalue weighted by atomic mass is 16.7. The van der Waals surface area contributed by atoms with Crippen LogP contribution in [0.2, 0.25) is 0 Å². The van der Waals surface area contributed by atoms with Crippen LogP contribution in [0.15, 0.2) is 55.0 Å². The minimum absolute atomic E-state index is 0.147. The first-order valence-electron chi connectivity index (χ1n) is 9.85. The van der Waals surface area contributed by atoms with Crippen LogP contribution in [0, 0.1) is 0 Å². The highest BCUT2D eigenvalue weighted by Crippen LogP contribution is 2.34. The summed E-state index contributed by atoms with van der Waals surface area (Å²) in [6.45, 7) is 0.945. The first-order valence-corrected chi connectivity index (χ1v) is 9.85. The first-order chi connectivity index (χ1) is 16.4. The largest absolute Gasteiger partial charge is 0.428 e. The molecule has 0 radical (unpaired) electrons. The molecule has 0 bridgehead atoms. The molecule has 11 heteroatoms. The Morgan fingerprint density at radius 3 is 1.79 bits per heavy atom. The molecule has 3 aromatic rings. The van der Waals surface area contributed by atoms with Gasteiger partial charge < -0.3 is 18.9 Å². The maximum atomic E-state index is 13.1. The normalized spacial score (nSPS) is 10.2. The Bertz CT molecular complexity index is 1200. The molecule has 34 heavy (non-hydrogen) atoms. The van der Waals surface area contributed by atoms with Gasteiger partial charge in [0.15, 0.2) is 0 Å². The van der Waals surface area contributed by atoms with Gasteiger partial charge in [-0.15, -0.1) is 0 Å². The van der Waals surface area contributed by atoms with Crippen LogP contribution < -0.4 is 0 Å². The molecule has 3 rings (SSSR count). The smallest absolute Gasteiger partial charge is 0.343 e. The molecule has 11 nitrogen and oxygen atoms in total. The van der Waals surface area contributed by atoms with Gasteiger partial charge in [0.25, 0.3) is 0 Å². The van der Waals surface area contributed by atoms with Gasteiger partial charge in [-0.1, -0.05) is 12.1 Å². The van der Waals surface area contributed by atoms with Crippen molar-refractivity contribution < 1.29 is 38.1 Å². The van der Waals surface area contributed by atoms with Crippen LogP contribution in [-0.2, 0) is 28.5 Å². The van der Waals surface area contributed by atoms with Crippen molar-refractivity contribution in [2.75, 3.05) is 13.6 Å². The Hall–Kier alpha value is -4.67. The second-order valence-electron chi connectivity index (χ2n) is 6.57.